The smallest absolute Gasteiger partial charge is 0.236 e. The molecule has 0 radical (unpaired) electrons. The lowest BCUT2D eigenvalue weighted by Crippen LogP contribution is -2.44. The monoisotopic (exact) mass is 418 g/mol. The molecule has 1 amide bonds. The van der Waals surface area contributed by atoms with Crippen LogP contribution < -0.4 is 5.32 Å². The summed E-state index contributed by atoms with van der Waals surface area (Å²) in [5.41, 5.74) is 0.0980. The number of hydrogen-bond acceptors (Lipinski definition) is 4. The van der Waals surface area contributed by atoms with Gasteiger partial charge in [0.05, 0.1) is 11.1 Å². The number of nitrogens with one attached hydrogen (secondary N) is 1. The zero-order valence-corrected chi connectivity index (χ0v) is 16.1. The molecule has 3 aromatic rings. The molecule has 1 fully saturated rings. The second-order valence-electron chi connectivity index (χ2n) is 6.82. The lowest BCUT2D eigenvalue weighted by atomic mass is 9.73. The van der Waals surface area contributed by atoms with Crippen molar-refractivity contribution in [2.24, 2.45) is 0 Å². The van der Waals surface area contributed by atoms with Crippen LogP contribution in [0, 0.1) is 17.5 Å². The first-order valence-electron chi connectivity index (χ1n) is 9.04. The summed E-state index contributed by atoms with van der Waals surface area (Å²) in [6.07, 6.45) is 0.891. The van der Waals surface area contributed by atoms with Gasteiger partial charge in [0.25, 0.3) is 0 Å². The minimum absolute atomic E-state index is 0.0288. The minimum atomic E-state index is -0.873. The predicted molar refractivity (Wildman–Crippen MR) is 104 cm³/mol. The maximum atomic E-state index is 14.0. The fraction of sp³-hybridized carbons (Fsp3) is 0.238. The van der Waals surface area contributed by atoms with Gasteiger partial charge in [0, 0.05) is 24.2 Å². The van der Waals surface area contributed by atoms with Crippen LogP contribution in [0.5, 0.6) is 0 Å². The molecule has 1 saturated heterocycles. The first kappa shape index (κ1) is 19.6. The lowest BCUT2D eigenvalue weighted by molar-refractivity contribution is -0.125. The zero-order valence-electron chi connectivity index (χ0n) is 15.3. The van der Waals surface area contributed by atoms with Crippen LogP contribution in [0.25, 0.3) is 11.3 Å². The molecule has 1 aromatic heterocycles. The van der Waals surface area contributed by atoms with E-state index in [4.69, 9.17) is 4.74 Å². The molecule has 1 aliphatic rings. The predicted octanol–water partition coefficient (Wildman–Crippen LogP) is 4.91. The van der Waals surface area contributed by atoms with E-state index in [-0.39, 0.29) is 28.1 Å². The van der Waals surface area contributed by atoms with Gasteiger partial charge in [-0.3, -0.25) is 4.79 Å². The van der Waals surface area contributed by atoms with Crippen LogP contribution in [0.1, 0.15) is 18.4 Å². The van der Waals surface area contributed by atoms with Gasteiger partial charge in [-0.25, -0.2) is 18.2 Å². The molecule has 0 spiro atoms. The van der Waals surface area contributed by atoms with Crippen LogP contribution in [-0.2, 0) is 14.9 Å². The third kappa shape index (κ3) is 3.90. The molecule has 4 rings (SSSR count). The molecule has 2 aromatic carbocycles. The zero-order chi connectivity index (χ0) is 20.4. The summed E-state index contributed by atoms with van der Waals surface area (Å²) in [5.74, 6) is -1.83. The van der Waals surface area contributed by atoms with Gasteiger partial charge < -0.3 is 10.1 Å². The van der Waals surface area contributed by atoms with E-state index in [0.29, 0.717) is 31.6 Å². The third-order valence-electron chi connectivity index (χ3n) is 5.11. The molecule has 4 nitrogen and oxygen atoms in total. The van der Waals surface area contributed by atoms with Crippen molar-refractivity contribution in [3.05, 3.63) is 70.9 Å². The second-order valence-corrected chi connectivity index (χ2v) is 7.68. The summed E-state index contributed by atoms with van der Waals surface area (Å²) >= 11 is 1.12. The normalized spacial score (nSPS) is 15.8. The third-order valence-corrected chi connectivity index (χ3v) is 5.86. The van der Waals surface area contributed by atoms with Crippen molar-refractivity contribution in [2.75, 3.05) is 18.5 Å². The van der Waals surface area contributed by atoms with Crippen LogP contribution in [0.3, 0.4) is 0 Å². The SMILES string of the molecule is O=C(Nc1nc(-c2cc(F)ccc2F)cs1)C1(c2ccc(F)cc2)CCOCC1. The van der Waals surface area contributed by atoms with Crippen molar-refractivity contribution in [3.63, 3.8) is 0 Å². The van der Waals surface area contributed by atoms with Crippen molar-refractivity contribution >= 4 is 22.4 Å². The van der Waals surface area contributed by atoms with Crippen LogP contribution in [0.15, 0.2) is 47.8 Å². The van der Waals surface area contributed by atoms with E-state index < -0.39 is 17.0 Å². The first-order valence-corrected chi connectivity index (χ1v) is 9.92. The molecule has 0 saturated carbocycles. The standard InChI is InChI=1S/C21H17F3N2O2S/c22-14-3-1-13(2-4-14)21(7-9-28-10-8-21)19(27)26-20-25-18(12-29-20)16-11-15(23)5-6-17(16)24/h1-6,11-12H,7-10H2,(H,25,26,27). The van der Waals surface area contributed by atoms with E-state index in [1.807, 2.05) is 0 Å². The quantitative estimate of drug-likeness (QED) is 0.655. The number of ether oxygens (including phenoxy) is 1. The van der Waals surface area contributed by atoms with E-state index >= 15 is 0 Å². The molecule has 8 heteroatoms. The van der Waals surface area contributed by atoms with Gasteiger partial charge in [-0.2, -0.15) is 0 Å². The van der Waals surface area contributed by atoms with E-state index in [2.05, 4.69) is 10.3 Å². The number of carbonyl (C=O) groups is 1. The number of thiazole rings is 1. The summed E-state index contributed by atoms with van der Waals surface area (Å²) in [4.78, 5) is 17.5. The van der Waals surface area contributed by atoms with Crippen molar-refractivity contribution in [3.8, 4) is 11.3 Å². The summed E-state index contributed by atoms with van der Waals surface area (Å²) in [6, 6.07) is 9.00. The molecular weight excluding hydrogens is 401 g/mol. The Morgan fingerprint density at radius 3 is 2.45 bits per heavy atom. The highest BCUT2D eigenvalue weighted by Gasteiger charge is 2.42. The van der Waals surface area contributed by atoms with Crippen LogP contribution >= 0.6 is 11.3 Å². The second kappa shape index (κ2) is 7.96. The van der Waals surface area contributed by atoms with Crippen LogP contribution in [-0.4, -0.2) is 24.1 Å². The van der Waals surface area contributed by atoms with Crippen LogP contribution in [0.2, 0.25) is 0 Å². The number of nitrogens with zero attached hydrogens (tertiary/aromatic N) is 1. The van der Waals surface area contributed by atoms with Crippen LogP contribution in [0.4, 0.5) is 18.3 Å². The van der Waals surface area contributed by atoms with Gasteiger partial charge in [0.1, 0.15) is 17.5 Å². The fourth-order valence-corrected chi connectivity index (χ4v) is 4.21. The first-order chi connectivity index (χ1) is 14.0. The Kier molecular flexibility index (Phi) is 5.38. The molecule has 0 aliphatic carbocycles. The Hall–Kier alpha value is -2.71. The van der Waals surface area contributed by atoms with Gasteiger partial charge in [0.2, 0.25) is 5.91 Å². The van der Waals surface area contributed by atoms with E-state index in [0.717, 1.165) is 29.5 Å². The minimum Gasteiger partial charge on any atom is -0.381 e. The maximum absolute atomic E-state index is 14.0. The highest BCUT2D eigenvalue weighted by molar-refractivity contribution is 7.14. The number of anilines is 1. The highest BCUT2D eigenvalue weighted by Crippen LogP contribution is 2.37. The van der Waals surface area contributed by atoms with Crippen molar-refractivity contribution in [1.82, 2.24) is 4.98 Å². The number of aromatic nitrogens is 1. The summed E-state index contributed by atoms with van der Waals surface area (Å²) < 4.78 is 46.2. The number of benzene rings is 2. The van der Waals surface area contributed by atoms with Gasteiger partial charge in [-0.15, -0.1) is 11.3 Å². The Bertz CT molecular complexity index is 1030. The Morgan fingerprint density at radius 1 is 1.03 bits per heavy atom. The molecule has 29 heavy (non-hydrogen) atoms. The highest BCUT2D eigenvalue weighted by atomic mass is 32.1. The molecule has 0 unspecified atom stereocenters. The van der Waals surface area contributed by atoms with E-state index in [9.17, 15) is 18.0 Å². The Morgan fingerprint density at radius 2 is 1.72 bits per heavy atom. The van der Waals surface area contributed by atoms with Gasteiger partial charge in [0.15, 0.2) is 5.13 Å². The number of halogens is 3. The fourth-order valence-electron chi connectivity index (χ4n) is 3.50. The molecular formula is C21H17F3N2O2S. The summed E-state index contributed by atoms with van der Waals surface area (Å²) in [7, 11) is 0. The van der Waals surface area contributed by atoms with E-state index in [1.54, 1.807) is 17.5 Å². The average Bonchev–Trinajstić information content (AvgIpc) is 3.19. The van der Waals surface area contributed by atoms with Crippen molar-refractivity contribution in [1.29, 1.82) is 0 Å². The van der Waals surface area contributed by atoms with Crippen molar-refractivity contribution < 1.29 is 22.7 Å². The average molecular weight is 418 g/mol. The topological polar surface area (TPSA) is 51.2 Å². The molecule has 1 N–H and O–H groups in total. The number of amides is 1. The van der Waals surface area contributed by atoms with Gasteiger partial charge in [-0.1, -0.05) is 12.1 Å². The molecule has 1 aliphatic heterocycles. The summed E-state index contributed by atoms with van der Waals surface area (Å²) in [6.45, 7) is 0.810. The number of rotatable bonds is 4. The molecule has 0 bridgehead atoms. The molecule has 0 atom stereocenters. The maximum Gasteiger partial charge on any atom is 0.236 e. The van der Waals surface area contributed by atoms with Gasteiger partial charge in [-0.05, 0) is 48.7 Å². The summed E-state index contributed by atoms with van der Waals surface area (Å²) in [5, 5.41) is 4.63. The number of hydrogen-bond donors (Lipinski definition) is 1. The molecule has 150 valence electrons. The largest absolute Gasteiger partial charge is 0.381 e. The number of carbonyl (C=O) groups excluding carboxylic acids is 1. The molecule has 2 heterocycles. The van der Waals surface area contributed by atoms with Gasteiger partial charge >= 0.3 is 0 Å². The Balaban J connectivity index is 1.61. The lowest BCUT2D eigenvalue weighted by Gasteiger charge is -2.36. The van der Waals surface area contributed by atoms with Crippen molar-refractivity contribution in [2.45, 2.75) is 18.3 Å². The van der Waals surface area contributed by atoms with E-state index in [1.165, 1.54) is 12.1 Å². The Labute approximate surface area is 169 Å².